The van der Waals surface area contributed by atoms with E-state index in [1.54, 1.807) is 6.07 Å². The summed E-state index contributed by atoms with van der Waals surface area (Å²) in [6, 6.07) is 5.38. The van der Waals surface area contributed by atoms with Crippen LogP contribution in [0.4, 0.5) is 4.39 Å². The van der Waals surface area contributed by atoms with Crippen LogP contribution in [0.25, 0.3) is 0 Å². The smallest absolute Gasteiger partial charge is 0.145 e. The molecule has 1 fully saturated rings. The number of rotatable bonds is 2. The topological polar surface area (TPSA) is 0 Å². The fourth-order valence-electron chi connectivity index (χ4n) is 3.24. The monoisotopic (exact) mass is 268 g/mol. The third-order valence-corrected chi connectivity index (χ3v) is 4.16. The maximum absolute atomic E-state index is 14.0. The Labute approximate surface area is 115 Å². The van der Waals surface area contributed by atoms with Gasteiger partial charge in [0, 0.05) is 0 Å². The minimum absolute atomic E-state index is 0.208. The van der Waals surface area contributed by atoms with Crippen molar-refractivity contribution in [2.75, 3.05) is 0 Å². The van der Waals surface area contributed by atoms with Crippen LogP contribution in [-0.4, -0.2) is 0 Å². The largest absolute Gasteiger partial charge is 0.205 e. The highest BCUT2D eigenvalue weighted by Gasteiger charge is 2.30. The normalized spacial score (nSPS) is 24.5. The summed E-state index contributed by atoms with van der Waals surface area (Å²) >= 11 is 5.86. The van der Waals surface area contributed by atoms with Crippen molar-refractivity contribution >= 4 is 11.6 Å². The average Bonchev–Trinajstić information content (AvgIpc) is 2.68. The van der Waals surface area contributed by atoms with Crippen molar-refractivity contribution in [1.29, 1.82) is 0 Å². The van der Waals surface area contributed by atoms with E-state index in [2.05, 4.69) is 20.8 Å². The van der Waals surface area contributed by atoms with E-state index in [4.69, 9.17) is 11.6 Å². The van der Waals surface area contributed by atoms with E-state index in [0.717, 1.165) is 24.3 Å². The number of hydrogen-bond acceptors (Lipinski definition) is 0. The lowest BCUT2D eigenvalue weighted by atomic mass is 9.83. The number of benzene rings is 1. The van der Waals surface area contributed by atoms with E-state index in [-0.39, 0.29) is 10.8 Å². The van der Waals surface area contributed by atoms with Crippen LogP contribution < -0.4 is 0 Å². The molecule has 2 rings (SSSR count). The van der Waals surface area contributed by atoms with Crippen LogP contribution in [0, 0.1) is 17.2 Å². The Hall–Kier alpha value is -0.560. The summed E-state index contributed by atoms with van der Waals surface area (Å²) in [4.78, 5) is 0. The van der Waals surface area contributed by atoms with Gasteiger partial charge in [-0.1, -0.05) is 44.5 Å². The molecule has 1 aromatic rings. The molecule has 0 aliphatic heterocycles. The second kappa shape index (κ2) is 5.21. The second-order valence-corrected chi connectivity index (χ2v) is 7.19. The molecule has 0 aromatic heterocycles. The lowest BCUT2D eigenvalue weighted by molar-refractivity contribution is 0.295. The molecule has 0 saturated heterocycles. The predicted molar refractivity (Wildman–Crippen MR) is 75.6 cm³/mol. The first-order valence-electron chi connectivity index (χ1n) is 6.81. The van der Waals surface area contributed by atoms with Crippen LogP contribution in [0.15, 0.2) is 18.2 Å². The Balaban J connectivity index is 2.07. The van der Waals surface area contributed by atoms with E-state index in [1.165, 1.54) is 12.8 Å². The quantitative estimate of drug-likeness (QED) is 0.636. The molecule has 1 aliphatic carbocycles. The molecular formula is C16H22ClF. The van der Waals surface area contributed by atoms with Gasteiger partial charge in [0.2, 0.25) is 0 Å². The lowest BCUT2D eigenvalue weighted by Gasteiger charge is -2.23. The predicted octanol–water partition coefficient (Wildman–Crippen LogP) is 5.80. The zero-order chi connectivity index (χ0) is 13.3. The zero-order valence-electron chi connectivity index (χ0n) is 11.5. The molecule has 1 saturated carbocycles. The van der Waals surface area contributed by atoms with Crippen molar-refractivity contribution in [3.05, 3.63) is 34.6 Å². The van der Waals surface area contributed by atoms with E-state index in [1.807, 2.05) is 12.1 Å². The first-order chi connectivity index (χ1) is 8.37. The van der Waals surface area contributed by atoms with Crippen molar-refractivity contribution in [3.8, 4) is 0 Å². The summed E-state index contributed by atoms with van der Waals surface area (Å²) in [5.41, 5.74) is 1.19. The fourth-order valence-corrected chi connectivity index (χ4v) is 3.43. The summed E-state index contributed by atoms with van der Waals surface area (Å²) in [7, 11) is 0. The maximum atomic E-state index is 14.0. The third kappa shape index (κ3) is 3.26. The second-order valence-electron chi connectivity index (χ2n) is 6.78. The molecule has 0 heterocycles. The molecule has 0 radical (unpaired) electrons. The molecule has 0 spiro atoms. The van der Waals surface area contributed by atoms with Crippen LogP contribution in [0.3, 0.4) is 0 Å². The van der Waals surface area contributed by atoms with Crippen LogP contribution in [-0.2, 0) is 0 Å². The zero-order valence-corrected chi connectivity index (χ0v) is 12.2. The molecule has 0 nitrogen and oxygen atoms in total. The van der Waals surface area contributed by atoms with Crippen molar-refractivity contribution in [2.45, 2.75) is 52.4 Å². The summed E-state index contributed by atoms with van der Waals surface area (Å²) in [5.74, 6) is 0.880. The molecule has 18 heavy (non-hydrogen) atoms. The van der Waals surface area contributed by atoms with Gasteiger partial charge in [-0.25, -0.2) is 4.39 Å². The van der Waals surface area contributed by atoms with Gasteiger partial charge in [-0.05, 0) is 54.6 Å². The molecule has 1 aromatic carbocycles. The number of hydrogen-bond donors (Lipinski definition) is 0. The fraction of sp³-hybridized carbons (Fsp3) is 0.625. The highest BCUT2D eigenvalue weighted by molar-refractivity contribution is 6.30. The van der Waals surface area contributed by atoms with Gasteiger partial charge in [0.1, 0.15) is 5.82 Å². The number of halogens is 2. The lowest BCUT2D eigenvalue weighted by Crippen LogP contribution is -2.11. The molecule has 2 atom stereocenters. The minimum Gasteiger partial charge on any atom is -0.205 e. The molecule has 2 unspecified atom stereocenters. The van der Waals surface area contributed by atoms with Crippen LogP contribution in [0.2, 0.25) is 5.02 Å². The molecule has 0 bridgehead atoms. The van der Waals surface area contributed by atoms with Crippen molar-refractivity contribution < 1.29 is 4.39 Å². The Morgan fingerprint density at radius 2 is 2.00 bits per heavy atom. The molecule has 0 N–H and O–H groups in total. The van der Waals surface area contributed by atoms with Gasteiger partial charge >= 0.3 is 0 Å². The molecule has 2 heteroatoms. The van der Waals surface area contributed by atoms with Crippen molar-refractivity contribution in [3.63, 3.8) is 0 Å². The van der Waals surface area contributed by atoms with Gasteiger partial charge in [0.05, 0.1) is 5.02 Å². The molecule has 100 valence electrons. The van der Waals surface area contributed by atoms with Gasteiger partial charge < -0.3 is 0 Å². The Morgan fingerprint density at radius 3 is 2.67 bits per heavy atom. The molecule has 0 amide bonds. The first-order valence-corrected chi connectivity index (χ1v) is 7.18. The summed E-state index contributed by atoms with van der Waals surface area (Å²) < 4.78 is 14.0. The van der Waals surface area contributed by atoms with E-state index in [9.17, 15) is 4.39 Å². The highest BCUT2D eigenvalue weighted by atomic mass is 35.5. The average molecular weight is 269 g/mol. The maximum Gasteiger partial charge on any atom is 0.145 e. The van der Waals surface area contributed by atoms with Gasteiger partial charge in [-0.15, -0.1) is 0 Å². The van der Waals surface area contributed by atoms with E-state index >= 15 is 0 Å². The van der Waals surface area contributed by atoms with Crippen molar-refractivity contribution in [2.24, 2.45) is 11.3 Å². The summed E-state index contributed by atoms with van der Waals surface area (Å²) in [6.07, 6.45) is 4.64. The standard InChI is InChI=1S/C16H22ClF/c1-16(2,3)10-11-7-8-12(9-11)13-5-4-6-14(17)15(13)18/h4-6,11-12H,7-10H2,1-3H3. The minimum atomic E-state index is -0.208. The highest BCUT2D eigenvalue weighted by Crippen LogP contribution is 2.44. The van der Waals surface area contributed by atoms with Crippen LogP contribution in [0.1, 0.15) is 57.9 Å². The first kappa shape index (κ1) is 13.9. The summed E-state index contributed by atoms with van der Waals surface area (Å²) in [5, 5.41) is 0.256. The van der Waals surface area contributed by atoms with Gasteiger partial charge in [0.25, 0.3) is 0 Å². The van der Waals surface area contributed by atoms with Gasteiger partial charge in [0.15, 0.2) is 0 Å². The van der Waals surface area contributed by atoms with Crippen LogP contribution in [0.5, 0.6) is 0 Å². The van der Waals surface area contributed by atoms with Gasteiger partial charge in [-0.3, -0.25) is 0 Å². The SMILES string of the molecule is CC(C)(C)CC1CCC(c2cccc(Cl)c2F)C1. The Morgan fingerprint density at radius 1 is 1.28 bits per heavy atom. The molecule has 1 aliphatic rings. The van der Waals surface area contributed by atoms with E-state index < -0.39 is 0 Å². The third-order valence-electron chi connectivity index (χ3n) is 3.86. The molecular weight excluding hydrogens is 247 g/mol. The van der Waals surface area contributed by atoms with E-state index in [0.29, 0.717) is 11.3 Å². The van der Waals surface area contributed by atoms with Crippen molar-refractivity contribution in [1.82, 2.24) is 0 Å². The van der Waals surface area contributed by atoms with Gasteiger partial charge in [-0.2, -0.15) is 0 Å². The summed E-state index contributed by atoms with van der Waals surface area (Å²) in [6.45, 7) is 6.83. The van der Waals surface area contributed by atoms with Crippen LogP contribution >= 0.6 is 11.6 Å². The Bertz CT molecular complexity index is 420. The Kier molecular flexibility index (Phi) is 4.01.